The first-order valence-electron chi connectivity index (χ1n) is 8.16. The first kappa shape index (κ1) is 17.8. The molecule has 3 rings (SSSR count). The Bertz CT molecular complexity index is 870. The van der Waals surface area contributed by atoms with Crippen molar-refractivity contribution >= 4 is 11.8 Å². The number of nitrogens with zero attached hydrogens (tertiary/aromatic N) is 1. The number of carbonyl (C=O) groups excluding carboxylic acids is 2. The van der Waals surface area contributed by atoms with Gasteiger partial charge in [-0.05, 0) is 49.2 Å². The summed E-state index contributed by atoms with van der Waals surface area (Å²) in [7, 11) is 0. The van der Waals surface area contributed by atoms with E-state index in [2.05, 4.69) is 0 Å². The number of halogens is 2. The average Bonchev–Trinajstić information content (AvgIpc) is 2.60. The Morgan fingerprint density at radius 1 is 1.27 bits per heavy atom. The molecule has 136 valence electrons. The second kappa shape index (κ2) is 7.11. The highest BCUT2D eigenvalue weighted by molar-refractivity contribution is 5.99. The highest BCUT2D eigenvalue weighted by Gasteiger charge is 2.30. The van der Waals surface area contributed by atoms with Gasteiger partial charge in [-0.25, -0.2) is 8.78 Å². The second-order valence-corrected chi connectivity index (χ2v) is 6.17. The molecule has 0 aromatic heterocycles. The number of amides is 2. The van der Waals surface area contributed by atoms with E-state index in [1.165, 1.54) is 17.0 Å². The predicted molar refractivity (Wildman–Crippen MR) is 90.5 cm³/mol. The summed E-state index contributed by atoms with van der Waals surface area (Å²) in [6, 6.07) is 7.58. The number of nitrogens with two attached hydrogens (primary N) is 1. The summed E-state index contributed by atoms with van der Waals surface area (Å²) in [4.78, 5) is 25.3. The van der Waals surface area contributed by atoms with Gasteiger partial charge in [0.15, 0.2) is 0 Å². The summed E-state index contributed by atoms with van der Waals surface area (Å²) in [5, 5.41) is 0. The number of rotatable bonds is 5. The van der Waals surface area contributed by atoms with Gasteiger partial charge in [0.2, 0.25) is 5.91 Å². The van der Waals surface area contributed by atoms with Gasteiger partial charge in [-0.1, -0.05) is 0 Å². The van der Waals surface area contributed by atoms with Gasteiger partial charge < -0.3 is 15.4 Å². The lowest BCUT2D eigenvalue weighted by molar-refractivity contribution is -0.122. The third-order valence-corrected chi connectivity index (χ3v) is 4.48. The minimum atomic E-state index is -0.673. The molecule has 0 spiro atoms. The minimum Gasteiger partial charge on any atom is -0.489 e. The molecule has 0 fully saturated rings. The van der Waals surface area contributed by atoms with Gasteiger partial charge in [-0.3, -0.25) is 9.59 Å². The number of carbonyl (C=O) groups is 2. The van der Waals surface area contributed by atoms with Crippen LogP contribution in [0.1, 0.15) is 28.4 Å². The molecule has 0 saturated heterocycles. The molecule has 1 aliphatic rings. The summed E-state index contributed by atoms with van der Waals surface area (Å²) in [6.45, 7) is 1.93. The van der Waals surface area contributed by atoms with E-state index in [0.29, 0.717) is 24.3 Å². The van der Waals surface area contributed by atoms with Gasteiger partial charge in [0.1, 0.15) is 30.0 Å². The maximum absolute atomic E-state index is 13.7. The lowest BCUT2D eigenvalue weighted by Gasteiger charge is -2.32. The third kappa shape index (κ3) is 3.51. The molecule has 2 N–H and O–H groups in total. The molecule has 1 heterocycles. The van der Waals surface area contributed by atoms with Crippen molar-refractivity contribution in [2.24, 2.45) is 5.73 Å². The van der Waals surface area contributed by atoms with Crippen molar-refractivity contribution in [2.75, 3.05) is 6.54 Å². The largest absolute Gasteiger partial charge is 0.489 e. The molecule has 2 amide bonds. The third-order valence-electron chi connectivity index (χ3n) is 4.48. The Morgan fingerprint density at radius 2 is 2.04 bits per heavy atom. The van der Waals surface area contributed by atoms with Crippen LogP contribution in [0, 0.1) is 11.6 Å². The van der Waals surface area contributed by atoms with E-state index in [0.717, 1.165) is 11.6 Å². The SMILES string of the molecule is C[C@H](C(N)=O)N1CCc2cc(OCc3ccc(F)cc3F)ccc2C1=O. The molecule has 1 atom stereocenters. The lowest BCUT2D eigenvalue weighted by Crippen LogP contribution is -2.49. The van der Waals surface area contributed by atoms with Crippen LogP contribution in [0.25, 0.3) is 0 Å². The van der Waals surface area contributed by atoms with Crippen LogP contribution in [0.5, 0.6) is 5.75 Å². The fraction of sp³-hybridized carbons (Fsp3) is 0.263. The van der Waals surface area contributed by atoms with Crippen molar-refractivity contribution < 1.29 is 23.1 Å². The fourth-order valence-corrected chi connectivity index (χ4v) is 2.90. The van der Waals surface area contributed by atoms with Gasteiger partial charge in [-0.2, -0.15) is 0 Å². The molecule has 5 nitrogen and oxygen atoms in total. The molecule has 0 bridgehead atoms. The zero-order chi connectivity index (χ0) is 18.8. The summed E-state index contributed by atoms with van der Waals surface area (Å²) >= 11 is 0. The molecule has 0 saturated carbocycles. The second-order valence-electron chi connectivity index (χ2n) is 6.17. The van der Waals surface area contributed by atoms with Crippen molar-refractivity contribution in [3.05, 3.63) is 64.7 Å². The highest BCUT2D eigenvalue weighted by atomic mass is 19.1. The summed E-state index contributed by atoms with van der Waals surface area (Å²) < 4.78 is 32.1. The van der Waals surface area contributed by atoms with Crippen molar-refractivity contribution in [1.29, 1.82) is 0 Å². The van der Waals surface area contributed by atoms with E-state index in [1.807, 2.05) is 0 Å². The smallest absolute Gasteiger partial charge is 0.254 e. The van der Waals surface area contributed by atoms with Crippen LogP contribution in [0.2, 0.25) is 0 Å². The number of ether oxygens (including phenoxy) is 1. The molecule has 1 aliphatic heterocycles. The molecule has 0 unspecified atom stereocenters. The fourth-order valence-electron chi connectivity index (χ4n) is 2.90. The van der Waals surface area contributed by atoms with Gasteiger partial charge in [0.25, 0.3) is 5.91 Å². The highest BCUT2D eigenvalue weighted by Crippen LogP contribution is 2.25. The summed E-state index contributed by atoms with van der Waals surface area (Å²) in [6.07, 6.45) is 0.556. The van der Waals surface area contributed by atoms with Gasteiger partial charge >= 0.3 is 0 Å². The number of primary amides is 1. The van der Waals surface area contributed by atoms with Crippen molar-refractivity contribution in [2.45, 2.75) is 26.0 Å². The zero-order valence-electron chi connectivity index (χ0n) is 14.2. The summed E-state index contributed by atoms with van der Waals surface area (Å²) in [5.74, 6) is -1.64. The van der Waals surface area contributed by atoms with E-state index < -0.39 is 23.6 Å². The van der Waals surface area contributed by atoms with Crippen molar-refractivity contribution in [3.63, 3.8) is 0 Å². The Balaban J connectivity index is 1.74. The zero-order valence-corrected chi connectivity index (χ0v) is 14.2. The monoisotopic (exact) mass is 360 g/mol. The van der Waals surface area contributed by atoms with Crippen LogP contribution in [0.3, 0.4) is 0 Å². The van der Waals surface area contributed by atoms with E-state index >= 15 is 0 Å². The first-order valence-corrected chi connectivity index (χ1v) is 8.16. The van der Waals surface area contributed by atoms with Crippen LogP contribution in [0.15, 0.2) is 36.4 Å². The molecular formula is C19H18F2N2O3. The first-order chi connectivity index (χ1) is 12.4. The average molecular weight is 360 g/mol. The van der Waals surface area contributed by atoms with E-state index in [1.54, 1.807) is 25.1 Å². The maximum atomic E-state index is 13.7. The molecule has 26 heavy (non-hydrogen) atoms. The molecule has 0 radical (unpaired) electrons. The number of hydrogen-bond acceptors (Lipinski definition) is 3. The maximum Gasteiger partial charge on any atom is 0.254 e. The van der Waals surface area contributed by atoms with E-state index in [9.17, 15) is 18.4 Å². The number of benzene rings is 2. The number of hydrogen-bond donors (Lipinski definition) is 1. The van der Waals surface area contributed by atoms with Crippen LogP contribution in [-0.4, -0.2) is 29.3 Å². The predicted octanol–water partition coefficient (Wildman–Crippen LogP) is 2.42. The molecule has 2 aromatic rings. The molecule has 7 heteroatoms. The summed E-state index contributed by atoms with van der Waals surface area (Å²) in [5.41, 5.74) is 6.80. The van der Waals surface area contributed by atoms with E-state index in [-0.39, 0.29) is 18.1 Å². The van der Waals surface area contributed by atoms with Gasteiger partial charge in [-0.15, -0.1) is 0 Å². The normalized spacial score (nSPS) is 14.7. The molecule has 2 aromatic carbocycles. The van der Waals surface area contributed by atoms with Crippen molar-refractivity contribution in [1.82, 2.24) is 4.90 Å². The van der Waals surface area contributed by atoms with E-state index in [4.69, 9.17) is 10.5 Å². The minimum absolute atomic E-state index is 0.0519. The Labute approximate surface area is 149 Å². The number of fused-ring (bicyclic) bond motifs is 1. The van der Waals surface area contributed by atoms with Crippen molar-refractivity contribution in [3.8, 4) is 5.75 Å². The standard InChI is InChI=1S/C19H18F2N2O3/c1-11(18(22)24)23-7-6-12-8-15(4-5-16(12)19(23)25)26-10-13-2-3-14(20)9-17(13)21/h2-5,8-9,11H,6-7,10H2,1H3,(H2,22,24)/t11-/m1/s1. The molecule has 0 aliphatic carbocycles. The Kier molecular flexibility index (Phi) is 4.88. The van der Waals surface area contributed by atoms with Crippen LogP contribution >= 0.6 is 0 Å². The van der Waals surface area contributed by atoms with Gasteiger partial charge in [0.05, 0.1) is 0 Å². The van der Waals surface area contributed by atoms with Crippen LogP contribution in [0.4, 0.5) is 8.78 Å². The topological polar surface area (TPSA) is 72.6 Å². The molecular weight excluding hydrogens is 342 g/mol. The van der Waals surface area contributed by atoms with Gasteiger partial charge in [0, 0.05) is 23.7 Å². The lowest BCUT2D eigenvalue weighted by atomic mass is 9.97. The van der Waals surface area contributed by atoms with Crippen LogP contribution in [-0.2, 0) is 17.8 Å². The Morgan fingerprint density at radius 3 is 2.73 bits per heavy atom. The van der Waals surface area contributed by atoms with Crippen LogP contribution < -0.4 is 10.5 Å². The Hall–Kier alpha value is -2.96. The quantitative estimate of drug-likeness (QED) is 0.890.